The monoisotopic (exact) mass is 547 g/mol. The Labute approximate surface area is 217 Å². The minimum absolute atomic E-state index is 0.0551. The van der Waals surface area contributed by atoms with E-state index < -0.39 is 6.04 Å². The van der Waals surface area contributed by atoms with Gasteiger partial charge in [0.15, 0.2) is 16.9 Å². The molecule has 2 heterocycles. The third-order valence-electron chi connectivity index (χ3n) is 6.22. The van der Waals surface area contributed by atoms with Crippen LogP contribution in [-0.4, -0.2) is 19.6 Å². The maximum Gasteiger partial charge on any atom is 0.295 e. The summed E-state index contributed by atoms with van der Waals surface area (Å²) in [4.78, 5) is 29.2. The Morgan fingerprint density at radius 1 is 1.00 bits per heavy atom. The highest BCUT2D eigenvalue weighted by Crippen LogP contribution is 2.43. The van der Waals surface area contributed by atoms with Gasteiger partial charge in [-0.25, -0.2) is 0 Å². The molecule has 1 amide bonds. The van der Waals surface area contributed by atoms with E-state index in [-0.39, 0.29) is 17.1 Å². The summed E-state index contributed by atoms with van der Waals surface area (Å²) in [5.74, 6) is 1.18. The maximum absolute atomic E-state index is 13.8. The van der Waals surface area contributed by atoms with Crippen molar-refractivity contribution in [3.8, 4) is 11.5 Å². The van der Waals surface area contributed by atoms with Crippen LogP contribution in [0.3, 0.4) is 0 Å². The molecule has 1 atom stereocenters. The number of amides is 1. The Morgan fingerprint density at radius 2 is 1.75 bits per heavy atom. The van der Waals surface area contributed by atoms with Crippen molar-refractivity contribution in [2.75, 3.05) is 18.6 Å². The predicted molar refractivity (Wildman–Crippen MR) is 143 cm³/mol. The fourth-order valence-corrected chi connectivity index (χ4v) is 4.82. The zero-order valence-electron chi connectivity index (χ0n) is 20.5. The summed E-state index contributed by atoms with van der Waals surface area (Å²) in [5, 5.41) is 0.413. The van der Waals surface area contributed by atoms with Gasteiger partial charge in [0.25, 0.3) is 5.91 Å². The molecule has 0 radical (unpaired) electrons. The van der Waals surface area contributed by atoms with Gasteiger partial charge >= 0.3 is 0 Å². The highest BCUT2D eigenvalue weighted by Gasteiger charge is 2.44. The zero-order valence-corrected chi connectivity index (χ0v) is 22.1. The van der Waals surface area contributed by atoms with Crippen LogP contribution in [0.25, 0.3) is 11.0 Å². The van der Waals surface area contributed by atoms with Gasteiger partial charge in [0.05, 0.1) is 30.7 Å². The summed E-state index contributed by atoms with van der Waals surface area (Å²) in [5.41, 5.74) is 2.90. The molecule has 1 aliphatic rings. The number of carbonyl (C=O) groups excluding carboxylic acids is 1. The van der Waals surface area contributed by atoms with Crippen molar-refractivity contribution in [3.05, 3.63) is 97.8 Å². The van der Waals surface area contributed by atoms with Gasteiger partial charge in [-0.2, -0.15) is 0 Å². The predicted octanol–water partition coefficient (Wildman–Crippen LogP) is 6.66. The summed E-state index contributed by atoms with van der Waals surface area (Å²) < 4.78 is 18.4. The molecule has 0 N–H and O–H groups in total. The van der Waals surface area contributed by atoms with Crippen LogP contribution in [0.2, 0.25) is 0 Å². The number of nitrogens with zero attached hydrogens (tertiary/aromatic N) is 1. The average molecular weight is 548 g/mol. The lowest BCUT2D eigenvalue weighted by Crippen LogP contribution is -2.29. The Balaban J connectivity index is 1.73. The molecule has 0 saturated carbocycles. The quantitative estimate of drug-likeness (QED) is 0.270. The summed E-state index contributed by atoms with van der Waals surface area (Å²) in [7, 11) is 1.58. The molecule has 0 aliphatic carbocycles. The van der Waals surface area contributed by atoms with E-state index in [2.05, 4.69) is 29.8 Å². The molecule has 7 heteroatoms. The number of ether oxygens (including phenoxy) is 2. The number of anilines is 1. The molecule has 1 unspecified atom stereocenters. The molecule has 4 aromatic rings. The normalized spacial score (nSPS) is 15.0. The molecule has 0 bridgehead atoms. The standard InChI is InChI=1S/C29H26BrNO5/c1-16(2)15-35-23-11-7-18(13-24(23)34-4)26-25-27(32)21-14-19(30)8-12-22(21)36-28(25)29(33)31(26)20-9-5-17(3)6-10-20/h5-14,16,26H,15H2,1-4H3. The van der Waals surface area contributed by atoms with E-state index in [0.29, 0.717) is 46.2 Å². The van der Waals surface area contributed by atoms with E-state index in [0.717, 1.165) is 15.6 Å². The number of aryl methyl sites for hydroxylation is 1. The van der Waals surface area contributed by atoms with Crippen molar-refractivity contribution in [3.63, 3.8) is 0 Å². The van der Waals surface area contributed by atoms with E-state index in [1.165, 1.54) is 0 Å². The molecule has 0 saturated heterocycles. The van der Waals surface area contributed by atoms with Crippen LogP contribution < -0.4 is 19.8 Å². The van der Waals surface area contributed by atoms with E-state index in [4.69, 9.17) is 13.9 Å². The molecule has 6 nitrogen and oxygen atoms in total. The summed E-state index contributed by atoms with van der Waals surface area (Å²) in [6.07, 6.45) is 0. The molecule has 1 aromatic heterocycles. The van der Waals surface area contributed by atoms with Crippen molar-refractivity contribution < 1.29 is 18.7 Å². The topological polar surface area (TPSA) is 69.0 Å². The van der Waals surface area contributed by atoms with Crippen molar-refractivity contribution in [2.45, 2.75) is 26.8 Å². The van der Waals surface area contributed by atoms with Crippen LogP contribution in [0.4, 0.5) is 5.69 Å². The van der Waals surface area contributed by atoms with Crippen molar-refractivity contribution in [1.29, 1.82) is 0 Å². The van der Waals surface area contributed by atoms with Gasteiger partial charge in [0.2, 0.25) is 5.76 Å². The second kappa shape index (κ2) is 9.47. The first-order valence-electron chi connectivity index (χ1n) is 11.8. The maximum atomic E-state index is 13.8. The third kappa shape index (κ3) is 4.17. The summed E-state index contributed by atoms with van der Waals surface area (Å²) in [6, 6.07) is 17.7. The smallest absolute Gasteiger partial charge is 0.295 e. The van der Waals surface area contributed by atoms with Gasteiger partial charge in [0, 0.05) is 10.2 Å². The number of carbonyl (C=O) groups is 1. The number of hydrogen-bond acceptors (Lipinski definition) is 5. The van der Waals surface area contributed by atoms with Crippen LogP contribution in [0.5, 0.6) is 11.5 Å². The molecule has 0 fully saturated rings. The number of hydrogen-bond donors (Lipinski definition) is 0. The molecule has 5 rings (SSSR count). The fraction of sp³-hybridized carbons (Fsp3) is 0.241. The van der Waals surface area contributed by atoms with Crippen molar-refractivity contribution >= 4 is 38.5 Å². The van der Waals surface area contributed by atoms with Crippen LogP contribution in [0, 0.1) is 12.8 Å². The van der Waals surface area contributed by atoms with Crippen molar-refractivity contribution in [2.24, 2.45) is 5.92 Å². The summed E-state index contributed by atoms with van der Waals surface area (Å²) >= 11 is 3.44. The summed E-state index contributed by atoms with van der Waals surface area (Å²) in [6.45, 7) is 6.67. The van der Waals surface area contributed by atoms with Gasteiger partial charge < -0.3 is 13.9 Å². The van der Waals surface area contributed by atoms with E-state index in [1.807, 2.05) is 49.4 Å². The largest absolute Gasteiger partial charge is 0.493 e. The van der Waals surface area contributed by atoms with Gasteiger partial charge in [0.1, 0.15) is 5.58 Å². The van der Waals surface area contributed by atoms with Crippen molar-refractivity contribution in [1.82, 2.24) is 0 Å². The molecule has 3 aromatic carbocycles. The Hall–Kier alpha value is -3.58. The lowest BCUT2D eigenvalue weighted by atomic mass is 9.97. The fourth-order valence-electron chi connectivity index (χ4n) is 4.46. The molecule has 1 aliphatic heterocycles. The molecule has 184 valence electrons. The van der Waals surface area contributed by atoms with Gasteiger partial charge in [-0.3, -0.25) is 14.5 Å². The van der Waals surface area contributed by atoms with E-state index in [1.54, 1.807) is 30.2 Å². The minimum atomic E-state index is -0.692. The number of rotatable bonds is 6. The van der Waals surface area contributed by atoms with E-state index in [9.17, 15) is 9.59 Å². The second-order valence-corrected chi connectivity index (χ2v) is 10.3. The lowest BCUT2D eigenvalue weighted by Gasteiger charge is -2.26. The first kappa shape index (κ1) is 24.1. The zero-order chi connectivity index (χ0) is 25.6. The second-order valence-electron chi connectivity index (χ2n) is 9.34. The van der Waals surface area contributed by atoms with Gasteiger partial charge in [-0.15, -0.1) is 0 Å². The Morgan fingerprint density at radius 3 is 2.44 bits per heavy atom. The molecular formula is C29H26BrNO5. The van der Waals surface area contributed by atoms with Gasteiger partial charge in [-0.1, -0.05) is 53.5 Å². The molecule has 36 heavy (non-hydrogen) atoms. The first-order valence-corrected chi connectivity index (χ1v) is 12.5. The number of fused-ring (bicyclic) bond motifs is 2. The van der Waals surface area contributed by atoms with Crippen LogP contribution in [0.1, 0.15) is 47.1 Å². The number of benzene rings is 3. The van der Waals surface area contributed by atoms with Gasteiger partial charge in [-0.05, 0) is 60.9 Å². The molecule has 0 spiro atoms. The highest BCUT2D eigenvalue weighted by atomic mass is 79.9. The molecular weight excluding hydrogens is 522 g/mol. The number of halogens is 1. The minimum Gasteiger partial charge on any atom is -0.493 e. The van der Waals surface area contributed by atoms with Crippen LogP contribution >= 0.6 is 15.9 Å². The number of methoxy groups -OCH3 is 1. The Kier molecular flexibility index (Phi) is 6.35. The van der Waals surface area contributed by atoms with E-state index >= 15 is 0 Å². The van der Waals surface area contributed by atoms with Crippen LogP contribution in [0.15, 0.2) is 74.3 Å². The lowest BCUT2D eigenvalue weighted by molar-refractivity contribution is 0.0971. The highest BCUT2D eigenvalue weighted by molar-refractivity contribution is 9.10. The van der Waals surface area contributed by atoms with Crippen LogP contribution in [-0.2, 0) is 0 Å². The third-order valence-corrected chi connectivity index (χ3v) is 6.71. The Bertz CT molecular complexity index is 1520. The SMILES string of the molecule is COc1cc(C2c3c(oc4ccc(Br)cc4c3=O)C(=O)N2c2ccc(C)cc2)ccc1OCC(C)C. The first-order chi connectivity index (χ1) is 17.3. The average Bonchev–Trinajstić information content (AvgIpc) is 3.16.